The Morgan fingerprint density at radius 2 is 2.05 bits per heavy atom. The van der Waals surface area contributed by atoms with E-state index in [1.54, 1.807) is 0 Å². The zero-order chi connectivity index (χ0) is 14.1. The average Bonchev–Trinajstić information content (AvgIpc) is 2.85. The molecule has 0 bridgehead atoms. The van der Waals surface area contributed by atoms with Crippen LogP contribution < -0.4 is 9.47 Å². The van der Waals surface area contributed by atoms with E-state index in [1.807, 2.05) is 18.2 Å². The molecule has 1 aromatic carbocycles. The summed E-state index contributed by atoms with van der Waals surface area (Å²) in [5.74, 6) is 1.33. The van der Waals surface area contributed by atoms with Crippen molar-refractivity contribution in [3.05, 3.63) is 23.8 Å². The van der Waals surface area contributed by atoms with Gasteiger partial charge in [0.1, 0.15) is 11.5 Å². The minimum atomic E-state index is -0.912. The van der Waals surface area contributed by atoms with E-state index in [0.29, 0.717) is 12.2 Å². The fraction of sp³-hybridized carbons (Fsp3) is 0.562. The number of carbonyl (C=O) groups is 1. The summed E-state index contributed by atoms with van der Waals surface area (Å²) >= 11 is 0. The molecule has 20 heavy (non-hydrogen) atoms. The van der Waals surface area contributed by atoms with E-state index in [9.17, 15) is 4.79 Å². The van der Waals surface area contributed by atoms with Crippen LogP contribution in [0.25, 0.3) is 0 Å². The maximum Gasteiger partial charge on any atom is 0.345 e. The molecule has 4 heteroatoms. The molecule has 0 saturated heterocycles. The van der Waals surface area contributed by atoms with Gasteiger partial charge in [0, 0.05) is 12.5 Å². The van der Waals surface area contributed by atoms with Crippen molar-refractivity contribution in [2.24, 2.45) is 5.92 Å². The summed E-state index contributed by atoms with van der Waals surface area (Å²) in [5.41, 5.74) is 0.946. The Morgan fingerprint density at radius 3 is 2.75 bits per heavy atom. The van der Waals surface area contributed by atoms with E-state index in [-0.39, 0.29) is 6.10 Å². The fourth-order valence-corrected chi connectivity index (χ4v) is 2.96. The number of ether oxygens (including phenoxy) is 2. The molecule has 1 unspecified atom stereocenters. The monoisotopic (exact) mass is 276 g/mol. The van der Waals surface area contributed by atoms with Gasteiger partial charge in [-0.25, -0.2) is 4.79 Å². The summed E-state index contributed by atoms with van der Waals surface area (Å²) in [6.07, 6.45) is 4.58. The molecule has 3 rings (SSSR count). The molecule has 1 heterocycles. The third-order valence-electron chi connectivity index (χ3n) is 4.25. The molecule has 1 N–H and O–H groups in total. The molecule has 1 fully saturated rings. The number of carboxylic acids is 1. The van der Waals surface area contributed by atoms with Crippen LogP contribution in [-0.4, -0.2) is 23.3 Å². The summed E-state index contributed by atoms with van der Waals surface area (Å²) in [6.45, 7) is 2.28. The number of carboxylic acid groups (broad SMARTS) is 1. The minimum Gasteiger partial charge on any atom is -0.490 e. The molecule has 0 amide bonds. The first-order chi connectivity index (χ1) is 9.61. The second kappa shape index (κ2) is 5.35. The second-order valence-corrected chi connectivity index (χ2v) is 5.92. The highest BCUT2D eigenvalue weighted by atomic mass is 16.5. The van der Waals surface area contributed by atoms with Gasteiger partial charge in [-0.2, -0.15) is 0 Å². The van der Waals surface area contributed by atoms with Gasteiger partial charge in [0.2, 0.25) is 0 Å². The van der Waals surface area contributed by atoms with Crippen LogP contribution in [0.5, 0.6) is 11.5 Å². The van der Waals surface area contributed by atoms with Crippen molar-refractivity contribution in [3.8, 4) is 11.5 Å². The standard InChI is InChI=1S/C16H20O4/c1-10-2-5-12(6-3-10)19-13-7-4-11-8-15(16(17)18)20-14(11)9-13/h4,7,9-10,12,15H,2-3,5-6,8H2,1H3,(H,17,18). The molecule has 1 aliphatic heterocycles. The van der Waals surface area contributed by atoms with E-state index in [4.69, 9.17) is 14.6 Å². The van der Waals surface area contributed by atoms with E-state index >= 15 is 0 Å². The Morgan fingerprint density at radius 1 is 1.30 bits per heavy atom. The van der Waals surface area contributed by atoms with E-state index in [1.165, 1.54) is 12.8 Å². The summed E-state index contributed by atoms with van der Waals surface area (Å²) in [6, 6.07) is 5.67. The molecule has 2 aliphatic rings. The van der Waals surface area contributed by atoms with Gasteiger partial charge in [0.05, 0.1) is 6.10 Å². The van der Waals surface area contributed by atoms with Crippen LogP contribution in [0.1, 0.15) is 38.2 Å². The number of hydrogen-bond acceptors (Lipinski definition) is 3. The molecule has 0 radical (unpaired) electrons. The second-order valence-electron chi connectivity index (χ2n) is 5.92. The fourth-order valence-electron chi connectivity index (χ4n) is 2.96. The summed E-state index contributed by atoms with van der Waals surface area (Å²) in [5, 5.41) is 8.98. The maximum absolute atomic E-state index is 10.9. The van der Waals surface area contributed by atoms with E-state index < -0.39 is 12.1 Å². The van der Waals surface area contributed by atoms with Crippen LogP contribution in [0.2, 0.25) is 0 Å². The summed E-state index contributed by atoms with van der Waals surface area (Å²) in [7, 11) is 0. The number of fused-ring (bicyclic) bond motifs is 1. The first-order valence-corrected chi connectivity index (χ1v) is 7.31. The van der Waals surface area contributed by atoms with Crippen LogP contribution in [0.4, 0.5) is 0 Å². The lowest BCUT2D eigenvalue weighted by molar-refractivity contribution is -0.144. The first kappa shape index (κ1) is 13.3. The molecule has 1 saturated carbocycles. The van der Waals surface area contributed by atoms with Crippen molar-refractivity contribution in [1.29, 1.82) is 0 Å². The van der Waals surface area contributed by atoms with Gasteiger partial charge in [-0.3, -0.25) is 0 Å². The predicted molar refractivity (Wildman–Crippen MR) is 74.2 cm³/mol. The van der Waals surface area contributed by atoms with Crippen molar-refractivity contribution in [1.82, 2.24) is 0 Å². The lowest BCUT2D eigenvalue weighted by Gasteiger charge is -2.27. The molecule has 1 aliphatic carbocycles. The Hall–Kier alpha value is -1.71. The van der Waals surface area contributed by atoms with E-state index in [2.05, 4.69) is 6.92 Å². The highest BCUT2D eigenvalue weighted by Crippen LogP contribution is 2.34. The zero-order valence-electron chi connectivity index (χ0n) is 11.7. The Labute approximate surface area is 118 Å². The molecule has 1 aromatic rings. The summed E-state index contributed by atoms with van der Waals surface area (Å²) < 4.78 is 11.4. The summed E-state index contributed by atoms with van der Waals surface area (Å²) in [4.78, 5) is 10.9. The Balaban J connectivity index is 1.65. The van der Waals surface area contributed by atoms with Gasteiger partial charge in [0.15, 0.2) is 6.10 Å². The van der Waals surface area contributed by atoms with Crippen molar-refractivity contribution in [3.63, 3.8) is 0 Å². The van der Waals surface area contributed by atoms with Crippen molar-refractivity contribution < 1.29 is 19.4 Å². The molecule has 0 spiro atoms. The minimum absolute atomic E-state index is 0.279. The van der Waals surface area contributed by atoms with Crippen molar-refractivity contribution in [2.75, 3.05) is 0 Å². The van der Waals surface area contributed by atoms with Gasteiger partial charge in [0.25, 0.3) is 0 Å². The smallest absolute Gasteiger partial charge is 0.345 e. The maximum atomic E-state index is 10.9. The number of benzene rings is 1. The molecule has 0 aromatic heterocycles. The van der Waals surface area contributed by atoms with Gasteiger partial charge in [-0.1, -0.05) is 13.0 Å². The van der Waals surface area contributed by atoms with Crippen LogP contribution >= 0.6 is 0 Å². The lowest BCUT2D eigenvalue weighted by Crippen LogP contribution is -2.24. The molecular weight excluding hydrogens is 256 g/mol. The SMILES string of the molecule is CC1CCC(Oc2ccc3c(c2)OC(C(=O)O)C3)CC1. The number of hydrogen-bond donors (Lipinski definition) is 1. The molecule has 4 nitrogen and oxygen atoms in total. The first-order valence-electron chi connectivity index (χ1n) is 7.31. The third kappa shape index (κ3) is 2.74. The Kier molecular flexibility index (Phi) is 3.55. The topological polar surface area (TPSA) is 55.8 Å². The highest BCUT2D eigenvalue weighted by Gasteiger charge is 2.29. The predicted octanol–water partition coefficient (Wildman–Crippen LogP) is 3.03. The number of rotatable bonds is 3. The largest absolute Gasteiger partial charge is 0.490 e. The van der Waals surface area contributed by atoms with Gasteiger partial charge in [-0.05, 0) is 43.2 Å². The van der Waals surface area contributed by atoms with Crippen molar-refractivity contribution in [2.45, 2.75) is 51.2 Å². The number of aliphatic carboxylic acids is 1. The molecule has 1 atom stereocenters. The van der Waals surface area contributed by atoms with E-state index in [0.717, 1.165) is 30.1 Å². The van der Waals surface area contributed by atoms with Crippen LogP contribution in [-0.2, 0) is 11.2 Å². The lowest BCUT2D eigenvalue weighted by atomic mass is 9.89. The molecule has 108 valence electrons. The third-order valence-corrected chi connectivity index (χ3v) is 4.25. The van der Waals surface area contributed by atoms with Gasteiger partial charge >= 0.3 is 5.97 Å². The van der Waals surface area contributed by atoms with Gasteiger partial charge < -0.3 is 14.6 Å². The average molecular weight is 276 g/mol. The zero-order valence-corrected chi connectivity index (χ0v) is 11.7. The van der Waals surface area contributed by atoms with Crippen LogP contribution in [0.15, 0.2) is 18.2 Å². The normalized spacial score (nSPS) is 28.6. The van der Waals surface area contributed by atoms with Crippen LogP contribution in [0, 0.1) is 5.92 Å². The quantitative estimate of drug-likeness (QED) is 0.922. The highest BCUT2D eigenvalue weighted by molar-refractivity contribution is 5.74. The van der Waals surface area contributed by atoms with Crippen molar-refractivity contribution >= 4 is 5.97 Å². The van der Waals surface area contributed by atoms with Crippen LogP contribution in [0.3, 0.4) is 0 Å². The van der Waals surface area contributed by atoms with Gasteiger partial charge in [-0.15, -0.1) is 0 Å². The Bertz CT molecular complexity index is 503. The molecular formula is C16H20O4.